The molecule has 0 aromatic heterocycles. The minimum atomic E-state index is -0.171. The van der Waals surface area contributed by atoms with Crippen molar-refractivity contribution in [3.8, 4) is 0 Å². The Bertz CT molecular complexity index is 198. The van der Waals surface area contributed by atoms with Gasteiger partial charge < -0.3 is 5.32 Å². The fraction of sp³-hybridized carbons (Fsp3) is 0.455. The van der Waals surface area contributed by atoms with Crippen LogP contribution in [-0.4, -0.2) is 13.1 Å². The van der Waals surface area contributed by atoms with Crippen molar-refractivity contribution >= 4 is 0 Å². The number of halogens is 1. The molecule has 13 heavy (non-hydrogen) atoms. The zero-order valence-corrected chi connectivity index (χ0v) is 8.02. The fourth-order valence-corrected chi connectivity index (χ4v) is 1.16. The van der Waals surface area contributed by atoms with Gasteiger partial charge in [0.15, 0.2) is 0 Å². The zero-order valence-electron chi connectivity index (χ0n) is 8.02. The van der Waals surface area contributed by atoms with E-state index >= 15 is 0 Å². The first-order chi connectivity index (χ1) is 6.29. The molecular weight excluding hydrogens is 165 g/mol. The molecule has 1 aromatic carbocycles. The maximum Gasteiger partial charge on any atom is 0.123 e. The molecule has 0 radical (unpaired) electrons. The Morgan fingerprint density at radius 2 is 1.62 bits per heavy atom. The number of nitrogens with one attached hydrogen (secondary N) is 1. The summed E-state index contributed by atoms with van der Waals surface area (Å²) < 4.78 is 12.1. The van der Waals surface area contributed by atoms with Gasteiger partial charge in [0.05, 0.1) is 0 Å². The van der Waals surface area contributed by atoms with E-state index < -0.39 is 0 Å². The van der Waals surface area contributed by atoms with Gasteiger partial charge in [-0.25, -0.2) is 4.39 Å². The van der Waals surface area contributed by atoms with Crippen LogP contribution in [0.2, 0.25) is 0 Å². The van der Waals surface area contributed by atoms with Gasteiger partial charge in [0.25, 0.3) is 0 Å². The van der Waals surface area contributed by atoms with E-state index in [0.717, 1.165) is 5.56 Å². The van der Waals surface area contributed by atoms with E-state index in [1.807, 2.05) is 6.92 Å². The molecule has 2 rings (SSSR count). The Kier molecular flexibility index (Phi) is 4.47. The molecule has 1 saturated heterocycles. The lowest BCUT2D eigenvalue weighted by atomic mass is 10.2. The van der Waals surface area contributed by atoms with Gasteiger partial charge in [-0.2, -0.15) is 0 Å². The Hall–Kier alpha value is -0.890. The quantitative estimate of drug-likeness (QED) is 0.648. The second-order valence-corrected chi connectivity index (χ2v) is 3.25. The highest BCUT2D eigenvalue weighted by molar-refractivity contribution is 5.13. The Morgan fingerprint density at radius 3 is 1.92 bits per heavy atom. The number of rotatable bonds is 0. The smallest absolute Gasteiger partial charge is 0.123 e. The average molecular weight is 181 g/mol. The van der Waals surface area contributed by atoms with Crippen LogP contribution in [0.15, 0.2) is 24.3 Å². The molecule has 1 aliphatic rings. The standard InChI is InChI=1S/C7H7F.C4H9N/c1-6-2-4-7(8)5-3-6;1-2-4-5-3-1/h2-5H,1H3;5H,1-4H2. The van der Waals surface area contributed by atoms with Crippen LogP contribution in [0.25, 0.3) is 0 Å². The van der Waals surface area contributed by atoms with Gasteiger partial charge in [0.1, 0.15) is 5.82 Å². The molecule has 1 aromatic rings. The number of aryl methyl sites for hydroxylation is 1. The van der Waals surface area contributed by atoms with Crippen molar-refractivity contribution in [1.82, 2.24) is 5.32 Å². The number of hydrogen-bond acceptors (Lipinski definition) is 1. The van der Waals surface area contributed by atoms with Gasteiger partial charge in [0, 0.05) is 0 Å². The lowest BCUT2D eigenvalue weighted by molar-refractivity contribution is 0.627. The van der Waals surface area contributed by atoms with Crippen LogP contribution in [0.1, 0.15) is 18.4 Å². The van der Waals surface area contributed by atoms with Gasteiger partial charge in [0.2, 0.25) is 0 Å². The molecule has 1 heterocycles. The third-order valence-corrected chi connectivity index (χ3v) is 1.97. The van der Waals surface area contributed by atoms with Gasteiger partial charge in [-0.3, -0.25) is 0 Å². The third-order valence-electron chi connectivity index (χ3n) is 1.97. The van der Waals surface area contributed by atoms with E-state index in [4.69, 9.17) is 0 Å². The molecule has 2 heteroatoms. The first-order valence-electron chi connectivity index (χ1n) is 4.72. The highest BCUT2D eigenvalue weighted by Crippen LogP contribution is 1.98. The highest BCUT2D eigenvalue weighted by atomic mass is 19.1. The summed E-state index contributed by atoms with van der Waals surface area (Å²) in [6.07, 6.45) is 2.78. The Morgan fingerprint density at radius 1 is 1.08 bits per heavy atom. The molecule has 72 valence electrons. The number of hydrogen-bond donors (Lipinski definition) is 1. The van der Waals surface area contributed by atoms with Crippen molar-refractivity contribution in [3.05, 3.63) is 35.6 Å². The molecule has 1 N–H and O–H groups in total. The van der Waals surface area contributed by atoms with Crippen molar-refractivity contribution in [3.63, 3.8) is 0 Å². The minimum Gasteiger partial charge on any atom is -0.317 e. The summed E-state index contributed by atoms with van der Waals surface area (Å²) in [7, 11) is 0. The SMILES string of the molecule is C1CCNC1.Cc1ccc(F)cc1. The second-order valence-electron chi connectivity index (χ2n) is 3.25. The van der Waals surface area contributed by atoms with Crippen molar-refractivity contribution in [2.45, 2.75) is 19.8 Å². The lowest BCUT2D eigenvalue weighted by Gasteiger charge is -1.87. The van der Waals surface area contributed by atoms with E-state index in [1.54, 1.807) is 12.1 Å². The predicted molar refractivity (Wildman–Crippen MR) is 53.2 cm³/mol. The molecule has 0 spiro atoms. The highest BCUT2D eigenvalue weighted by Gasteiger charge is 1.93. The molecule has 1 nitrogen and oxygen atoms in total. The molecule has 0 aliphatic carbocycles. The van der Waals surface area contributed by atoms with E-state index in [1.165, 1.54) is 38.1 Å². The summed E-state index contributed by atoms with van der Waals surface area (Å²) in [6.45, 7) is 4.43. The van der Waals surface area contributed by atoms with Gasteiger partial charge in [-0.1, -0.05) is 17.7 Å². The van der Waals surface area contributed by atoms with Crippen LogP contribution < -0.4 is 5.32 Å². The van der Waals surface area contributed by atoms with Crippen LogP contribution in [0.5, 0.6) is 0 Å². The maximum atomic E-state index is 12.1. The molecule has 1 fully saturated rings. The fourth-order valence-electron chi connectivity index (χ4n) is 1.16. The molecule has 0 bridgehead atoms. The van der Waals surface area contributed by atoms with Crippen molar-refractivity contribution in [2.24, 2.45) is 0 Å². The van der Waals surface area contributed by atoms with Crippen LogP contribution in [0.3, 0.4) is 0 Å². The van der Waals surface area contributed by atoms with Gasteiger partial charge >= 0.3 is 0 Å². The molecule has 0 amide bonds. The minimum absolute atomic E-state index is 0.171. The summed E-state index contributed by atoms with van der Waals surface area (Å²) in [4.78, 5) is 0. The average Bonchev–Trinajstić information content (AvgIpc) is 2.68. The predicted octanol–water partition coefficient (Wildman–Crippen LogP) is 2.50. The van der Waals surface area contributed by atoms with E-state index in [9.17, 15) is 4.39 Å². The van der Waals surface area contributed by atoms with Crippen LogP contribution in [-0.2, 0) is 0 Å². The van der Waals surface area contributed by atoms with Gasteiger partial charge in [-0.15, -0.1) is 0 Å². The van der Waals surface area contributed by atoms with Crippen LogP contribution in [0.4, 0.5) is 4.39 Å². The molecule has 0 unspecified atom stereocenters. The first-order valence-corrected chi connectivity index (χ1v) is 4.72. The summed E-state index contributed by atoms with van der Waals surface area (Å²) in [5, 5.41) is 3.22. The van der Waals surface area contributed by atoms with Crippen molar-refractivity contribution in [1.29, 1.82) is 0 Å². The van der Waals surface area contributed by atoms with E-state index in [2.05, 4.69) is 5.32 Å². The summed E-state index contributed by atoms with van der Waals surface area (Å²) in [5.41, 5.74) is 1.09. The summed E-state index contributed by atoms with van der Waals surface area (Å²) in [6, 6.07) is 6.40. The van der Waals surface area contributed by atoms with E-state index in [0.29, 0.717) is 0 Å². The van der Waals surface area contributed by atoms with Crippen molar-refractivity contribution in [2.75, 3.05) is 13.1 Å². The molecule has 0 atom stereocenters. The van der Waals surface area contributed by atoms with Crippen LogP contribution >= 0.6 is 0 Å². The zero-order chi connectivity index (χ0) is 9.52. The molecule has 1 aliphatic heterocycles. The lowest BCUT2D eigenvalue weighted by Crippen LogP contribution is -2.03. The largest absolute Gasteiger partial charge is 0.317 e. The topological polar surface area (TPSA) is 12.0 Å². The van der Waals surface area contributed by atoms with Gasteiger partial charge in [-0.05, 0) is 45.0 Å². The number of benzene rings is 1. The Labute approximate surface area is 79.0 Å². The van der Waals surface area contributed by atoms with Crippen molar-refractivity contribution < 1.29 is 4.39 Å². The Balaban J connectivity index is 0.000000145. The normalized spacial score (nSPS) is 14.9. The maximum absolute atomic E-state index is 12.1. The summed E-state index contributed by atoms with van der Waals surface area (Å²) >= 11 is 0. The third kappa shape index (κ3) is 4.63. The monoisotopic (exact) mass is 181 g/mol. The molecule has 0 saturated carbocycles. The van der Waals surface area contributed by atoms with E-state index in [-0.39, 0.29) is 5.82 Å². The summed E-state index contributed by atoms with van der Waals surface area (Å²) in [5.74, 6) is -0.171. The molecular formula is C11H16FN. The second kappa shape index (κ2) is 5.70. The van der Waals surface area contributed by atoms with Crippen LogP contribution in [0, 0.1) is 12.7 Å². The first kappa shape index (κ1) is 10.2.